The third-order valence-corrected chi connectivity index (χ3v) is 11.3. The summed E-state index contributed by atoms with van der Waals surface area (Å²) >= 11 is 0. The number of rotatable bonds is 12. The molecule has 14 nitrogen and oxygen atoms in total. The van der Waals surface area contributed by atoms with Crippen LogP contribution in [0.15, 0.2) is 166 Å². The van der Waals surface area contributed by atoms with Crippen molar-refractivity contribution in [1.82, 2.24) is 0 Å². The number of hydrogen-bond acceptors (Lipinski definition) is 11. The fourth-order valence-electron chi connectivity index (χ4n) is 5.41. The quantitative estimate of drug-likeness (QED) is 0.0910. The van der Waals surface area contributed by atoms with Crippen molar-refractivity contribution in [2.45, 2.75) is 14.7 Å². The minimum Gasteiger partial charge on any atom is -0.744 e. The van der Waals surface area contributed by atoms with Gasteiger partial charge < -0.3 is 15.2 Å². The van der Waals surface area contributed by atoms with Crippen LogP contribution in [-0.4, -0.2) is 35.5 Å². The van der Waals surface area contributed by atoms with Crippen LogP contribution in [0.4, 0.5) is 28.4 Å². The Morgan fingerprint density at radius 1 is 0.500 bits per heavy atom. The van der Waals surface area contributed by atoms with Crippen molar-refractivity contribution in [3.8, 4) is 0 Å². The highest BCUT2D eigenvalue weighted by Crippen LogP contribution is 2.32. The smallest absolute Gasteiger partial charge is 0.342 e. The van der Waals surface area contributed by atoms with Gasteiger partial charge in [0, 0.05) is 47.0 Å². The average Bonchev–Trinajstić information content (AvgIpc) is 3.17. The maximum Gasteiger partial charge on any atom is 0.342 e. The van der Waals surface area contributed by atoms with E-state index < -0.39 is 30.4 Å². The molecular formula is C37H33N5O9S3+2. The molecular weight excluding hydrogens is 755 g/mol. The highest BCUT2D eigenvalue weighted by Gasteiger charge is 2.18. The van der Waals surface area contributed by atoms with Gasteiger partial charge in [0.1, 0.15) is 10.1 Å². The van der Waals surface area contributed by atoms with E-state index in [1.807, 2.05) is 72.8 Å². The van der Waals surface area contributed by atoms with E-state index in [9.17, 15) is 29.8 Å². The third-order valence-electron chi connectivity index (χ3n) is 8.13. The molecule has 276 valence electrons. The molecule has 0 atom stereocenters. The molecule has 0 fully saturated rings. The van der Waals surface area contributed by atoms with Gasteiger partial charge in [-0.2, -0.15) is 28.6 Å². The molecule has 0 aliphatic heterocycles. The SMILES string of the molecule is [NH3+]OS(=O)(=O)c1ccc(Nc2ccc(C(=C3C=CC(=[NH+]c4ccc(S(=O)(=O)O[NH3+])cc4)C=C3)c3ccc(Nc4ccc(S(=O)(=O)[O-])cc4)cc3)cc2)cc1. The summed E-state index contributed by atoms with van der Waals surface area (Å²) in [5.74, 6) is 5.99. The highest BCUT2D eigenvalue weighted by molar-refractivity contribution is 7.87. The number of quaternary nitrogens is 2. The first-order valence-corrected chi connectivity index (χ1v) is 20.1. The maximum atomic E-state index is 11.9. The molecule has 0 amide bonds. The molecule has 0 radical (unpaired) electrons. The Bertz CT molecular complexity index is 2610. The van der Waals surface area contributed by atoms with Crippen LogP contribution in [0.5, 0.6) is 0 Å². The molecule has 0 saturated heterocycles. The molecule has 54 heavy (non-hydrogen) atoms. The Morgan fingerprint density at radius 2 is 0.852 bits per heavy atom. The lowest BCUT2D eigenvalue weighted by molar-refractivity contribution is -0.635. The minimum atomic E-state index is -4.55. The van der Waals surface area contributed by atoms with Gasteiger partial charge in [-0.1, -0.05) is 32.8 Å². The zero-order valence-electron chi connectivity index (χ0n) is 28.2. The van der Waals surface area contributed by atoms with Crippen molar-refractivity contribution < 1.29 is 55.2 Å². The average molecular weight is 788 g/mol. The summed E-state index contributed by atoms with van der Waals surface area (Å²) in [5, 5.41) is 6.47. The molecule has 5 aromatic rings. The van der Waals surface area contributed by atoms with Crippen LogP contribution >= 0.6 is 0 Å². The molecule has 0 heterocycles. The highest BCUT2D eigenvalue weighted by atomic mass is 32.2. The van der Waals surface area contributed by atoms with Crippen LogP contribution in [0.25, 0.3) is 5.57 Å². The molecule has 9 N–H and O–H groups in total. The maximum absolute atomic E-state index is 11.9. The van der Waals surface area contributed by atoms with Gasteiger partial charge in [-0.3, -0.25) is 0 Å². The lowest BCUT2D eigenvalue weighted by Crippen LogP contribution is -2.65. The molecule has 5 aromatic carbocycles. The van der Waals surface area contributed by atoms with Crippen molar-refractivity contribution in [1.29, 1.82) is 0 Å². The summed E-state index contributed by atoms with van der Waals surface area (Å²) in [7, 11) is -12.4. The molecule has 17 heteroatoms. The van der Waals surface area contributed by atoms with Gasteiger partial charge >= 0.3 is 20.2 Å². The first-order valence-electron chi connectivity index (χ1n) is 15.9. The van der Waals surface area contributed by atoms with Crippen molar-refractivity contribution >= 4 is 70.1 Å². The normalized spacial score (nSPS) is 13.1. The summed E-state index contributed by atoms with van der Waals surface area (Å²) < 4.78 is 90.3. The van der Waals surface area contributed by atoms with Gasteiger partial charge in [-0.15, -0.1) is 0 Å². The first kappa shape index (κ1) is 38.0. The Balaban J connectivity index is 1.29. The standard InChI is InChI=1S/C37H32N5O9S3/c38-50-53(46,47)35-21-15-32(16-22-35)41-29-9-3-26(4-10-29)37(25-1-7-28(8-2-25)40-31-13-19-34(20-14-31)52(43,44)45)27-5-11-30(12-6-27)42-33-17-23-36(24-18-33)54(48,49)51-39/h1-24,40-41H,38-39H3/q+1/p+1. The number of anilines is 4. The van der Waals surface area contributed by atoms with E-state index in [1.165, 1.54) is 48.5 Å². The van der Waals surface area contributed by atoms with Gasteiger partial charge in [0.25, 0.3) is 0 Å². The lowest BCUT2D eigenvalue weighted by Gasteiger charge is -2.16. The van der Waals surface area contributed by atoms with E-state index in [-0.39, 0.29) is 14.7 Å². The number of hydrogen-bond donors (Lipinski definition) is 5. The Kier molecular flexibility index (Phi) is 11.0. The summed E-state index contributed by atoms with van der Waals surface area (Å²) in [6, 6.07) is 33.1. The summed E-state index contributed by atoms with van der Waals surface area (Å²) in [6.07, 6.45) is 7.73. The fraction of sp³-hybridized carbons (Fsp3) is 0. The molecule has 1 aliphatic carbocycles. The predicted octanol–water partition coefficient (Wildman–Crippen LogP) is 2.58. The van der Waals surface area contributed by atoms with Crippen LogP contribution in [0, 0.1) is 0 Å². The number of allylic oxidation sites excluding steroid dienone is 5. The fourth-order valence-corrected chi connectivity index (χ4v) is 7.09. The zero-order valence-corrected chi connectivity index (χ0v) is 30.6. The van der Waals surface area contributed by atoms with E-state index in [0.29, 0.717) is 17.1 Å². The first-order chi connectivity index (χ1) is 25.7. The van der Waals surface area contributed by atoms with Crippen molar-refractivity contribution in [2.24, 2.45) is 0 Å². The second kappa shape index (κ2) is 15.7. The van der Waals surface area contributed by atoms with Crippen LogP contribution < -0.4 is 27.4 Å². The summed E-state index contributed by atoms with van der Waals surface area (Å²) in [4.78, 5) is 2.92. The molecule has 6 rings (SSSR count). The summed E-state index contributed by atoms with van der Waals surface area (Å²) in [5.41, 5.74) is 7.79. The van der Waals surface area contributed by atoms with E-state index in [0.717, 1.165) is 39.4 Å². The monoisotopic (exact) mass is 787 g/mol. The van der Waals surface area contributed by atoms with E-state index in [1.54, 1.807) is 24.3 Å². The lowest BCUT2D eigenvalue weighted by atomic mass is 9.90. The summed E-state index contributed by atoms with van der Waals surface area (Å²) in [6.45, 7) is 0. The van der Waals surface area contributed by atoms with Crippen LogP contribution in [0.3, 0.4) is 0 Å². The van der Waals surface area contributed by atoms with Gasteiger partial charge in [0.2, 0.25) is 11.4 Å². The van der Waals surface area contributed by atoms with Crippen LogP contribution in [-0.2, 0) is 38.9 Å². The second-order valence-corrected chi connectivity index (χ2v) is 16.3. The number of nitrogens with one attached hydrogen (secondary N) is 3. The zero-order chi connectivity index (χ0) is 38.5. The Labute approximate surface area is 311 Å². The van der Waals surface area contributed by atoms with Crippen molar-refractivity contribution in [3.05, 3.63) is 162 Å². The molecule has 1 aliphatic rings. The van der Waals surface area contributed by atoms with Gasteiger partial charge in [-0.05, 0) is 119 Å². The molecule has 0 spiro atoms. The third kappa shape index (κ3) is 9.05. The van der Waals surface area contributed by atoms with Crippen LogP contribution in [0.1, 0.15) is 11.1 Å². The molecule has 0 unspecified atom stereocenters. The molecule has 0 saturated carbocycles. The topological polar surface area (TPSA) is 237 Å². The molecule has 0 aromatic heterocycles. The molecule has 0 bridgehead atoms. The van der Waals surface area contributed by atoms with Gasteiger partial charge in [-0.25, -0.2) is 13.4 Å². The van der Waals surface area contributed by atoms with E-state index in [4.69, 9.17) is 0 Å². The van der Waals surface area contributed by atoms with Gasteiger partial charge in [0.15, 0.2) is 0 Å². The predicted molar refractivity (Wildman–Crippen MR) is 199 cm³/mol. The van der Waals surface area contributed by atoms with E-state index >= 15 is 0 Å². The van der Waals surface area contributed by atoms with Gasteiger partial charge in [0.05, 0.1) is 14.7 Å². The Hall–Kier alpha value is -5.76. The largest absolute Gasteiger partial charge is 0.744 e. The van der Waals surface area contributed by atoms with Crippen LogP contribution in [0.2, 0.25) is 0 Å². The van der Waals surface area contributed by atoms with E-state index in [2.05, 4.69) is 36.0 Å². The minimum absolute atomic E-state index is 0.0131. The Morgan fingerprint density at radius 3 is 1.22 bits per heavy atom. The van der Waals surface area contributed by atoms with Crippen molar-refractivity contribution in [2.75, 3.05) is 10.6 Å². The second-order valence-electron chi connectivity index (χ2n) is 11.7. The number of benzene rings is 5. The van der Waals surface area contributed by atoms with Crippen molar-refractivity contribution in [3.63, 3.8) is 0 Å².